The molecule has 0 amide bonds. The Balaban J connectivity index is 2.88. The van der Waals surface area contributed by atoms with Gasteiger partial charge in [0.1, 0.15) is 16.4 Å². The van der Waals surface area contributed by atoms with Crippen LogP contribution in [0.2, 0.25) is 5.15 Å². The fraction of sp³-hybridized carbons (Fsp3) is 0.125. The van der Waals surface area contributed by atoms with Crippen LogP contribution in [0.4, 0.5) is 0 Å². The second kappa shape index (κ2) is 3.34. The largest absolute Gasteiger partial charge is 0.494 e. The molecule has 13 heavy (non-hydrogen) atoms. The molecule has 2 aromatic rings. The molecule has 0 aliphatic heterocycles. The van der Waals surface area contributed by atoms with E-state index in [0.717, 1.165) is 14.8 Å². The summed E-state index contributed by atoms with van der Waals surface area (Å²) in [6, 6.07) is 3.60. The van der Waals surface area contributed by atoms with Crippen molar-refractivity contribution in [3.05, 3.63) is 27.1 Å². The van der Waals surface area contributed by atoms with E-state index < -0.39 is 0 Å². The fourth-order valence-electron chi connectivity index (χ4n) is 1.17. The third-order valence-electron chi connectivity index (χ3n) is 1.75. The van der Waals surface area contributed by atoms with Crippen LogP contribution in [0.3, 0.4) is 0 Å². The molecule has 68 valence electrons. The molecule has 5 heteroatoms. The lowest BCUT2D eigenvalue weighted by molar-refractivity contribution is 0.417. The average Bonchev–Trinajstić information content (AvgIpc) is 2.51. The van der Waals surface area contributed by atoms with Gasteiger partial charge < -0.3 is 4.74 Å². The first-order valence-corrected chi connectivity index (χ1v) is 5.05. The number of hydrogen-bond donors (Lipinski definition) is 0. The summed E-state index contributed by atoms with van der Waals surface area (Å²) in [6.07, 6.45) is 1.75. The Bertz CT molecular complexity index is 455. The molecule has 2 aromatic heterocycles. The van der Waals surface area contributed by atoms with Crippen LogP contribution >= 0.6 is 34.2 Å². The minimum atomic E-state index is 0.582. The van der Waals surface area contributed by atoms with Gasteiger partial charge >= 0.3 is 0 Å². The van der Waals surface area contributed by atoms with Crippen molar-refractivity contribution in [1.29, 1.82) is 0 Å². The van der Waals surface area contributed by atoms with E-state index in [9.17, 15) is 0 Å². The molecular formula is C8H6ClIN2O. The van der Waals surface area contributed by atoms with Gasteiger partial charge in [0, 0.05) is 0 Å². The minimum absolute atomic E-state index is 0.582. The number of halogens is 2. The maximum absolute atomic E-state index is 5.94. The second-order valence-corrected chi connectivity index (χ2v) is 4.03. The van der Waals surface area contributed by atoms with E-state index in [1.54, 1.807) is 23.9 Å². The van der Waals surface area contributed by atoms with Crippen molar-refractivity contribution >= 4 is 39.7 Å². The normalized spacial score (nSPS) is 10.7. The van der Waals surface area contributed by atoms with Gasteiger partial charge in [0.2, 0.25) is 0 Å². The molecule has 0 saturated carbocycles. The molecule has 0 aromatic carbocycles. The van der Waals surface area contributed by atoms with Gasteiger partial charge in [0.15, 0.2) is 0 Å². The summed E-state index contributed by atoms with van der Waals surface area (Å²) in [5.41, 5.74) is 0.913. The van der Waals surface area contributed by atoms with Crippen LogP contribution in [0.25, 0.3) is 5.52 Å². The Labute approximate surface area is 93.8 Å². The van der Waals surface area contributed by atoms with Crippen LogP contribution in [0.5, 0.6) is 5.75 Å². The third-order valence-corrected chi connectivity index (χ3v) is 2.83. The monoisotopic (exact) mass is 308 g/mol. The van der Waals surface area contributed by atoms with Crippen molar-refractivity contribution in [2.45, 2.75) is 0 Å². The molecule has 3 nitrogen and oxygen atoms in total. The van der Waals surface area contributed by atoms with Crippen molar-refractivity contribution in [2.75, 3.05) is 7.11 Å². The van der Waals surface area contributed by atoms with Gasteiger partial charge in [0.05, 0.1) is 16.9 Å². The van der Waals surface area contributed by atoms with E-state index in [2.05, 4.69) is 27.7 Å². The maximum atomic E-state index is 5.94. The standard InChI is InChI=1S/C8H6ClIN2O/c1-13-6-2-3-7(9)12-8(6)5(10)4-11-12/h2-4H,1H3. The molecule has 0 spiro atoms. The SMILES string of the molecule is COc1ccc(Cl)n2ncc(I)c12. The summed E-state index contributed by atoms with van der Waals surface area (Å²) in [5, 5.41) is 4.71. The smallest absolute Gasteiger partial charge is 0.145 e. The predicted molar refractivity (Wildman–Crippen MR) is 59.5 cm³/mol. The average molecular weight is 309 g/mol. The molecule has 0 N–H and O–H groups in total. The molecule has 2 rings (SSSR count). The molecule has 0 aliphatic carbocycles. The molecule has 2 heterocycles. The Morgan fingerprint density at radius 2 is 2.31 bits per heavy atom. The van der Waals surface area contributed by atoms with Crippen LogP contribution in [0, 0.1) is 3.57 Å². The molecule has 0 aliphatic rings. The van der Waals surface area contributed by atoms with Gasteiger partial charge in [-0.1, -0.05) is 11.6 Å². The number of pyridine rings is 1. The number of methoxy groups -OCH3 is 1. The van der Waals surface area contributed by atoms with Crippen LogP contribution < -0.4 is 4.74 Å². The Morgan fingerprint density at radius 3 is 3.00 bits per heavy atom. The van der Waals surface area contributed by atoms with Gasteiger partial charge in [-0.05, 0) is 34.7 Å². The van der Waals surface area contributed by atoms with Gasteiger partial charge in [0.25, 0.3) is 0 Å². The molecule has 0 bridgehead atoms. The molecule has 0 saturated heterocycles. The zero-order chi connectivity index (χ0) is 9.42. The molecule has 0 radical (unpaired) electrons. The number of hydrogen-bond acceptors (Lipinski definition) is 2. The van der Waals surface area contributed by atoms with Gasteiger partial charge in [-0.25, -0.2) is 4.52 Å². The van der Waals surface area contributed by atoms with E-state index in [1.807, 2.05) is 6.07 Å². The Kier molecular flexibility index (Phi) is 2.33. The molecular weight excluding hydrogens is 302 g/mol. The van der Waals surface area contributed by atoms with Crippen molar-refractivity contribution in [3.63, 3.8) is 0 Å². The predicted octanol–water partition coefficient (Wildman–Crippen LogP) is 2.60. The van der Waals surface area contributed by atoms with E-state index in [1.165, 1.54) is 0 Å². The first-order chi connectivity index (χ1) is 6.24. The van der Waals surface area contributed by atoms with Crippen LogP contribution in [-0.4, -0.2) is 16.7 Å². The number of nitrogens with zero attached hydrogens (tertiary/aromatic N) is 2. The van der Waals surface area contributed by atoms with Crippen molar-refractivity contribution in [3.8, 4) is 5.75 Å². The van der Waals surface area contributed by atoms with Crippen LogP contribution in [0.15, 0.2) is 18.3 Å². The highest BCUT2D eigenvalue weighted by atomic mass is 127. The molecule has 0 unspecified atom stereocenters. The Hall–Kier alpha value is -0.490. The van der Waals surface area contributed by atoms with E-state index in [4.69, 9.17) is 16.3 Å². The number of aromatic nitrogens is 2. The number of ether oxygens (including phenoxy) is 1. The van der Waals surface area contributed by atoms with Crippen LogP contribution in [-0.2, 0) is 0 Å². The zero-order valence-corrected chi connectivity index (χ0v) is 9.70. The van der Waals surface area contributed by atoms with Crippen molar-refractivity contribution < 1.29 is 4.74 Å². The van der Waals surface area contributed by atoms with Gasteiger partial charge in [-0.3, -0.25) is 0 Å². The van der Waals surface area contributed by atoms with E-state index in [-0.39, 0.29) is 0 Å². The molecule has 0 atom stereocenters. The zero-order valence-electron chi connectivity index (χ0n) is 6.79. The van der Waals surface area contributed by atoms with Crippen molar-refractivity contribution in [2.24, 2.45) is 0 Å². The van der Waals surface area contributed by atoms with Gasteiger partial charge in [-0.2, -0.15) is 5.10 Å². The first kappa shape index (κ1) is 9.08. The highest BCUT2D eigenvalue weighted by Gasteiger charge is 2.09. The highest BCUT2D eigenvalue weighted by Crippen LogP contribution is 2.27. The summed E-state index contributed by atoms with van der Waals surface area (Å²) in [7, 11) is 1.63. The lowest BCUT2D eigenvalue weighted by atomic mass is 10.4. The topological polar surface area (TPSA) is 26.5 Å². The summed E-state index contributed by atoms with van der Waals surface area (Å²) < 4.78 is 7.88. The third kappa shape index (κ3) is 1.38. The van der Waals surface area contributed by atoms with Crippen molar-refractivity contribution in [1.82, 2.24) is 9.61 Å². The summed E-state index contributed by atoms with van der Waals surface area (Å²) in [4.78, 5) is 0. The quantitative estimate of drug-likeness (QED) is 0.598. The Morgan fingerprint density at radius 1 is 1.54 bits per heavy atom. The maximum Gasteiger partial charge on any atom is 0.145 e. The highest BCUT2D eigenvalue weighted by molar-refractivity contribution is 14.1. The fourth-order valence-corrected chi connectivity index (χ4v) is 1.98. The summed E-state index contributed by atoms with van der Waals surface area (Å²) in [5.74, 6) is 0.784. The first-order valence-electron chi connectivity index (χ1n) is 3.60. The second-order valence-electron chi connectivity index (χ2n) is 2.48. The lowest BCUT2D eigenvalue weighted by Gasteiger charge is -2.03. The summed E-state index contributed by atoms with van der Waals surface area (Å²) >= 11 is 8.14. The minimum Gasteiger partial charge on any atom is -0.494 e. The number of rotatable bonds is 1. The van der Waals surface area contributed by atoms with E-state index in [0.29, 0.717) is 5.15 Å². The van der Waals surface area contributed by atoms with Gasteiger partial charge in [-0.15, -0.1) is 0 Å². The number of fused-ring (bicyclic) bond motifs is 1. The van der Waals surface area contributed by atoms with E-state index >= 15 is 0 Å². The molecule has 0 fully saturated rings. The van der Waals surface area contributed by atoms with Crippen LogP contribution in [0.1, 0.15) is 0 Å². The summed E-state index contributed by atoms with van der Waals surface area (Å²) in [6.45, 7) is 0. The lowest BCUT2D eigenvalue weighted by Crippen LogP contribution is -1.92.